The van der Waals surface area contributed by atoms with E-state index >= 15 is 0 Å². The van der Waals surface area contributed by atoms with Gasteiger partial charge in [0, 0.05) is 21.4 Å². The van der Waals surface area contributed by atoms with Gasteiger partial charge in [-0.3, -0.25) is 4.79 Å². The molecule has 0 saturated heterocycles. The number of aryl methyl sites for hydroxylation is 1. The van der Waals surface area contributed by atoms with Crippen molar-refractivity contribution in [2.45, 2.75) is 20.0 Å². The van der Waals surface area contributed by atoms with Crippen LogP contribution in [0.3, 0.4) is 0 Å². The Hall–Kier alpha value is -3.06. The van der Waals surface area contributed by atoms with Gasteiger partial charge in [0.05, 0.1) is 11.9 Å². The molecule has 2 aromatic carbocycles. The number of ether oxygens (including phenoxy) is 2. The first-order valence-corrected chi connectivity index (χ1v) is 9.99. The third-order valence-electron chi connectivity index (χ3n) is 4.74. The van der Waals surface area contributed by atoms with Crippen molar-refractivity contribution in [3.63, 3.8) is 0 Å². The molecular formula is C22H20BrN3O3. The SMILES string of the molecule is Cc1cc(/C=N\NC(=O)[C@H]2COc3ccccc3O2)c(C)n1-c1ccccc1Br. The van der Waals surface area contributed by atoms with Gasteiger partial charge in [-0.1, -0.05) is 24.3 Å². The van der Waals surface area contributed by atoms with Gasteiger partial charge >= 0.3 is 0 Å². The van der Waals surface area contributed by atoms with Crippen LogP contribution in [0.5, 0.6) is 11.5 Å². The summed E-state index contributed by atoms with van der Waals surface area (Å²) in [5.41, 5.74) is 6.62. The van der Waals surface area contributed by atoms with E-state index in [2.05, 4.69) is 31.0 Å². The van der Waals surface area contributed by atoms with Gasteiger partial charge in [0.25, 0.3) is 5.91 Å². The van der Waals surface area contributed by atoms with Crippen molar-refractivity contribution < 1.29 is 14.3 Å². The molecule has 1 aliphatic heterocycles. The molecule has 0 saturated carbocycles. The smallest absolute Gasteiger partial charge is 0.284 e. The lowest BCUT2D eigenvalue weighted by Crippen LogP contribution is -2.42. The van der Waals surface area contributed by atoms with E-state index in [1.807, 2.05) is 62.4 Å². The number of halogens is 1. The molecule has 0 aliphatic carbocycles. The number of fused-ring (bicyclic) bond motifs is 1. The second kappa shape index (κ2) is 8.13. The monoisotopic (exact) mass is 453 g/mol. The topological polar surface area (TPSA) is 64.8 Å². The van der Waals surface area contributed by atoms with Crippen molar-refractivity contribution in [3.8, 4) is 17.2 Å². The number of carbonyl (C=O) groups excluding carboxylic acids is 1. The maximum atomic E-state index is 12.4. The van der Waals surface area contributed by atoms with E-state index in [-0.39, 0.29) is 12.5 Å². The summed E-state index contributed by atoms with van der Waals surface area (Å²) in [6.45, 7) is 4.20. The quantitative estimate of drug-likeness (QED) is 0.476. The van der Waals surface area contributed by atoms with Crippen LogP contribution >= 0.6 is 15.9 Å². The predicted octanol–water partition coefficient (Wildman–Crippen LogP) is 4.15. The Bertz CT molecular complexity index is 1090. The van der Waals surface area contributed by atoms with E-state index in [1.165, 1.54) is 0 Å². The molecule has 0 spiro atoms. The van der Waals surface area contributed by atoms with E-state index < -0.39 is 6.10 Å². The Labute approximate surface area is 177 Å². The fraction of sp³-hybridized carbons (Fsp3) is 0.182. The van der Waals surface area contributed by atoms with Crippen molar-refractivity contribution in [2.24, 2.45) is 5.10 Å². The molecule has 1 atom stereocenters. The molecule has 0 bridgehead atoms. The molecule has 1 amide bonds. The summed E-state index contributed by atoms with van der Waals surface area (Å²) in [5.74, 6) is 0.842. The van der Waals surface area contributed by atoms with Crippen LogP contribution in [-0.4, -0.2) is 29.4 Å². The maximum Gasteiger partial charge on any atom is 0.284 e. The number of hydrogen-bond acceptors (Lipinski definition) is 4. The molecule has 1 aliphatic rings. The van der Waals surface area contributed by atoms with Gasteiger partial charge in [-0.15, -0.1) is 0 Å². The van der Waals surface area contributed by atoms with Gasteiger partial charge in [0.1, 0.15) is 6.61 Å². The van der Waals surface area contributed by atoms with Gasteiger partial charge in [0.2, 0.25) is 6.10 Å². The van der Waals surface area contributed by atoms with E-state index in [0.29, 0.717) is 11.5 Å². The van der Waals surface area contributed by atoms with Gasteiger partial charge in [-0.25, -0.2) is 5.43 Å². The summed E-state index contributed by atoms with van der Waals surface area (Å²) in [6.07, 6.45) is 0.903. The lowest BCUT2D eigenvalue weighted by Gasteiger charge is -2.24. The molecule has 6 nitrogen and oxygen atoms in total. The Kier molecular flexibility index (Phi) is 5.40. The van der Waals surface area contributed by atoms with Crippen LogP contribution in [0, 0.1) is 13.8 Å². The van der Waals surface area contributed by atoms with Crippen LogP contribution in [-0.2, 0) is 4.79 Å². The van der Waals surface area contributed by atoms with Crippen LogP contribution in [0.2, 0.25) is 0 Å². The van der Waals surface area contributed by atoms with Crippen LogP contribution < -0.4 is 14.9 Å². The average Bonchev–Trinajstić information content (AvgIpc) is 3.01. The number of amides is 1. The molecule has 4 rings (SSSR count). The lowest BCUT2D eigenvalue weighted by molar-refractivity contribution is -0.130. The van der Waals surface area contributed by atoms with Crippen LogP contribution in [0.4, 0.5) is 0 Å². The normalized spacial score (nSPS) is 15.5. The number of hydrazone groups is 1. The third kappa shape index (κ3) is 3.91. The van der Waals surface area contributed by atoms with Crippen molar-refractivity contribution in [3.05, 3.63) is 76.0 Å². The fourth-order valence-corrected chi connectivity index (χ4v) is 3.77. The Morgan fingerprint density at radius 3 is 2.69 bits per heavy atom. The molecule has 29 heavy (non-hydrogen) atoms. The highest BCUT2D eigenvalue weighted by Crippen LogP contribution is 2.31. The number of rotatable bonds is 4. The first kappa shape index (κ1) is 19.3. The zero-order chi connectivity index (χ0) is 20.4. The van der Waals surface area contributed by atoms with Crippen molar-refractivity contribution in [1.82, 2.24) is 9.99 Å². The largest absolute Gasteiger partial charge is 0.485 e. The first-order chi connectivity index (χ1) is 14.0. The highest BCUT2D eigenvalue weighted by atomic mass is 79.9. The minimum Gasteiger partial charge on any atom is -0.485 e. The second-order valence-corrected chi connectivity index (χ2v) is 7.57. The van der Waals surface area contributed by atoms with E-state index in [0.717, 1.165) is 27.1 Å². The third-order valence-corrected chi connectivity index (χ3v) is 5.41. The molecule has 0 unspecified atom stereocenters. The van der Waals surface area contributed by atoms with Crippen molar-refractivity contribution in [1.29, 1.82) is 0 Å². The Morgan fingerprint density at radius 2 is 1.90 bits per heavy atom. The molecule has 2 heterocycles. The molecule has 3 aromatic rings. The molecular weight excluding hydrogens is 434 g/mol. The van der Waals surface area contributed by atoms with Gasteiger partial charge in [-0.2, -0.15) is 5.10 Å². The molecule has 7 heteroatoms. The Morgan fingerprint density at radius 1 is 1.17 bits per heavy atom. The number of aromatic nitrogens is 1. The highest BCUT2D eigenvalue weighted by molar-refractivity contribution is 9.10. The van der Waals surface area contributed by atoms with Gasteiger partial charge in [0.15, 0.2) is 11.5 Å². The summed E-state index contributed by atoms with van der Waals surface area (Å²) < 4.78 is 14.4. The van der Waals surface area contributed by atoms with E-state index in [9.17, 15) is 4.79 Å². The summed E-state index contributed by atoms with van der Waals surface area (Å²) in [4.78, 5) is 12.4. The number of para-hydroxylation sites is 3. The summed E-state index contributed by atoms with van der Waals surface area (Å²) >= 11 is 3.60. The average molecular weight is 454 g/mol. The van der Waals surface area contributed by atoms with Gasteiger partial charge < -0.3 is 14.0 Å². The van der Waals surface area contributed by atoms with Gasteiger partial charge in [-0.05, 0) is 60.1 Å². The van der Waals surface area contributed by atoms with Crippen molar-refractivity contribution >= 4 is 28.1 Å². The predicted molar refractivity (Wildman–Crippen MR) is 115 cm³/mol. The highest BCUT2D eigenvalue weighted by Gasteiger charge is 2.27. The lowest BCUT2D eigenvalue weighted by atomic mass is 10.2. The second-order valence-electron chi connectivity index (χ2n) is 6.71. The number of hydrogen-bond donors (Lipinski definition) is 1. The fourth-order valence-electron chi connectivity index (χ4n) is 3.31. The molecule has 1 N–H and O–H groups in total. The zero-order valence-corrected chi connectivity index (χ0v) is 17.6. The standard InChI is InChI=1S/C22H20BrN3O3/c1-14-11-16(15(2)26(14)18-8-4-3-7-17(18)23)12-24-25-22(27)21-13-28-19-9-5-6-10-20(19)29-21/h3-12,21H,13H2,1-2H3,(H,25,27)/b24-12-/t21-/m1/s1. The van der Waals surface area contributed by atoms with Crippen molar-refractivity contribution in [2.75, 3.05) is 6.61 Å². The number of nitrogens with zero attached hydrogens (tertiary/aromatic N) is 2. The molecule has 0 radical (unpaired) electrons. The number of carbonyl (C=O) groups is 1. The molecule has 148 valence electrons. The summed E-state index contributed by atoms with van der Waals surface area (Å²) in [5, 5.41) is 4.12. The molecule has 0 fully saturated rings. The number of nitrogens with one attached hydrogen (secondary N) is 1. The van der Waals surface area contributed by atoms with Crippen LogP contribution in [0.1, 0.15) is 17.0 Å². The molecule has 1 aromatic heterocycles. The maximum absolute atomic E-state index is 12.4. The number of benzene rings is 2. The van der Waals surface area contributed by atoms with E-state index in [1.54, 1.807) is 12.3 Å². The first-order valence-electron chi connectivity index (χ1n) is 9.20. The van der Waals surface area contributed by atoms with E-state index in [4.69, 9.17) is 9.47 Å². The Balaban J connectivity index is 1.46. The summed E-state index contributed by atoms with van der Waals surface area (Å²) in [6, 6.07) is 17.3. The zero-order valence-electron chi connectivity index (χ0n) is 16.1. The minimum absolute atomic E-state index is 0.148. The van der Waals surface area contributed by atoms with Crippen LogP contribution in [0.25, 0.3) is 5.69 Å². The summed E-state index contributed by atoms with van der Waals surface area (Å²) in [7, 11) is 0. The minimum atomic E-state index is -0.741. The van der Waals surface area contributed by atoms with Crippen LogP contribution in [0.15, 0.2) is 64.2 Å².